The smallest absolute Gasteiger partial charge is 0.416 e. The lowest BCUT2D eigenvalue weighted by molar-refractivity contribution is -0.137. The van der Waals surface area contributed by atoms with Crippen LogP contribution in [-0.4, -0.2) is 27.5 Å². The van der Waals surface area contributed by atoms with Gasteiger partial charge in [0.2, 0.25) is 5.91 Å². The van der Waals surface area contributed by atoms with Crippen LogP contribution in [0.1, 0.15) is 29.9 Å². The summed E-state index contributed by atoms with van der Waals surface area (Å²) in [5.74, 6) is 0.378. The van der Waals surface area contributed by atoms with E-state index in [1.807, 2.05) is 25.2 Å². The average molecular weight is 444 g/mol. The van der Waals surface area contributed by atoms with Gasteiger partial charge in [-0.05, 0) is 44.7 Å². The average Bonchev–Trinajstić information content (AvgIpc) is 3.49. The van der Waals surface area contributed by atoms with Crippen molar-refractivity contribution < 1.29 is 22.7 Å². The number of alkyl halides is 3. The zero-order valence-electron chi connectivity index (χ0n) is 17.7. The van der Waals surface area contributed by atoms with Gasteiger partial charge in [-0.1, -0.05) is 24.3 Å². The van der Waals surface area contributed by atoms with Crippen molar-refractivity contribution in [2.24, 2.45) is 17.3 Å². The zero-order valence-corrected chi connectivity index (χ0v) is 17.7. The fourth-order valence-corrected chi connectivity index (χ4v) is 4.17. The van der Waals surface area contributed by atoms with Crippen LogP contribution < -0.4 is 10.1 Å². The Bertz CT molecular complexity index is 1080. The first kappa shape index (κ1) is 22.0. The van der Waals surface area contributed by atoms with E-state index in [4.69, 9.17) is 4.74 Å². The molecule has 1 fully saturated rings. The van der Waals surface area contributed by atoms with Gasteiger partial charge in [0.1, 0.15) is 11.6 Å². The Kier molecular flexibility index (Phi) is 5.75. The highest BCUT2D eigenvalue weighted by Gasteiger charge is 2.62. The van der Waals surface area contributed by atoms with Crippen molar-refractivity contribution in [3.63, 3.8) is 0 Å². The van der Waals surface area contributed by atoms with Crippen molar-refractivity contribution in [2.45, 2.75) is 32.9 Å². The molecule has 32 heavy (non-hydrogen) atoms. The number of carbonyl (C=O) groups is 1. The SMILES string of the molecule is Cc1ncc(OC[C@@]2(C3C=CC=CC3)C[C@H]2C(=O)Nc2cc(C(F)(F)F)ccn2)c(C)n1. The number of allylic oxidation sites excluding steroid dienone is 4. The maximum absolute atomic E-state index is 13.0. The Balaban J connectivity index is 1.51. The van der Waals surface area contributed by atoms with E-state index in [2.05, 4.69) is 26.3 Å². The molecule has 0 saturated heterocycles. The quantitative estimate of drug-likeness (QED) is 0.701. The number of halogens is 3. The predicted molar refractivity (Wildman–Crippen MR) is 112 cm³/mol. The van der Waals surface area contributed by atoms with Gasteiger partial charge < -0.3 is 10.1 Å². The summed E-state index contributed by atoms with van der Waals surface area (Å²) in [5, 5.41) is 2.55. The molecule has 1 N–H and O–H groups in total. The fourth-order valence-electron chi connectivity index (χ4n) is 4.17. The molecule has 0 bridgehead atoms. The second-order valence-electron chi connectivity index (χ2n) is 8.22. The highest BCUT2D eigenvalue weighted by atomic mass is 19.4. The molecule has 0 aliphatic heterocycles. The van der Waals surface area contributed by atoms with Crippen molar-refractivity contribution in [1.82, 2.24) is 15.0 Å². The van der Waals surface area contributed by atoms with Gasteiger partial charge in [0.25, 0.3) is 0 Å². The fraction of sp³-hybridized carbons (Fsp3) is 0.391. The highest BCUT2D eigenvalue weighted by molar-refractivity contribution is 5.94. The molecule has 2 aromatic heterocycles. The molecule has 2 aliphatic rings. The van der Waals surface area contributed by atoms with E-state index in [1.165, 1.54) is 0 Å². The molecule has 1 amide bonds. The number of ether oxygens (including phenoxy) is 1. The number of pyridine rings is 1. The Hall–Kier alpha value is -3.23. The van der Waals surface area contributed by atoms with Crippen LogP contribution >= 0.6 is 0 Å². The molecule has 2 heterocycles. The van der Waals surface area contributed by atoms with Gasteiger partial charge in [-0.25, -0.2) is 15.0 Å². The summed E-state index contributed by atoms with van der Waals surface area (Å²) >= 11 is 0. The molecule has 9 heteroatoms. The Morgan fingerprint density at radius 3 is 2.78 bits per heavy atom. The first-order valence-electron chi connectivity index (χ1n) is 10.3. The van der Waals surface area contributed by atoms with Gasteiger partial charge in [-0.2, -0.15) is 13.2 Å². The van der Waals surface area contributed by atoms with Gasteiger partial charge >= 0.3 is 6.18 Å². The molecule has 1 unspecified atom stereocenters. The van der Waals surface area contributed by atoms with Gasteiger partial charge in [0.15, 0.2) is 5.75 Å². The number of nitrogens with one attached hydrogen (secondary N) is 1. The van der Waals surface area contributed by atoms with E-state index in [1.54, 1.807) is 13.1 Å². The van der Waals surface area contributed by atoms with Crippen LogP contribution in [0.25, 0.3) is 0 Å². The number of aromatic nitrogens is 3. The number of aryl methyl sites for hydroxylation is 2. The maximum atomic E-state index is 13.0. The van der Waals surface area contributed by atoms with Crippen molar-refractivity contribution in [2.75, 3.05) is 11.9 Å². The third-order valence-corrected chi connectivity index (χ3v) is 6.04. The van der Waals surface area contributed by atoms with Crippen molar-refractivity contribution in [3.05, 3.63) is 65.9 Å². The lowest BCUT2D eigenvalue weighted by atomic mass is 9.82. The van der Waals surface area contributed by atoms with Crippen molar-refractivity contribution in [3.8, 4) is 5.75 Å². The minimum Gasteiger partial charge on any atom is -0.489 e. The van der Waals surface area contributed by atoms with Crippen molar-refractivity contribution in [1.29, 1.82) is 0 Å². The number of hydrogen-bond donors (Lipinski definition) is 1. The van der Waals surface area contributed by atoms with Gasteiger partial charge in [-0.3, -0.25) is 4.79 Å². The van der Waals surface area contributed by atoms with Crippen LogP contribution in [0.5, 0.6) is 5.75 Å². The molecule has 0 radical (unpaired) electrons. The first-order valence-corrected chi connectivity index (χ1v) is 10.3. The number of carbonyl (C=O) groups excluding carboxylic acids is 1. The molecule has 4 rings (SSSR count). The third kappa shape index (κ3) is 4.51. The maximum Gasteiger partial charge on any atom is 0.416 e. The van der Waals surface area contributed by atoms with Gasteiger partial charge in [0, 0.05) is 17.5 Å². The molecule has 0 spiro atoms. The number of rotatable bonds is 6. The summed E-state index contributed by atoms with van der Waals surface area (Å²) in [6, 6.07) is 1.71. The molecule has 2 aromatic rings. The lowest BCUT2D eigenvalue weighted by Gasteiger charge is -2.26. The molecular formula is C23H23F3N4O2. The number of amides is 1. The highest BCUT2D eigenvalue weighted by Crippen LogP contribution is 2.60. The monoisotopic (exact) mass is 444 g/mol. The van der Waals surface area contributed by atoms with E-state index in [0.29, 0.717) is 23.7 Å². The minimum absolute atomic E-state index is 0.0735. The second kappa shape index (κ2) is 8.37. The molecule has 2 aliphatic carbocycles. The van der Waals surface area contributed by atoms with Gasteiger partial charge in [0.05, 0.1) is 24.1 Å². The third-order valence-electron chi connectivity index (χ3n) is 6.04. The molecule has 3 atom stereocenters. The Morgan fingerprint density at radius 2 is 2.09 bits per heavy atom. The summed E-state index contributed by atoms with van der Waals surface area (Å²) in [6.07, 6.45) is 7.45. The molecule has 1 saturated carbocycles. The summed E-state index contributed by atoms with van der Waals surface area (Å²) in [7, 11) is 0. The van der Waals surface area contributed by atoms with Crippen LogP contribution in [0.3, 0.4) is 0 Å². The van der Waals surface area contributed by atoms with E-state index in [9.17, 15) is 18.0 Å². The summed E-state index contributed by atoms with van der Waals surface area (Å²) in [5.41, 5.74) is -0.616. The first-order chi connectivity index (χ1) is 15.2. The summed E-state index contributed by atoms with van der Waals surface area (Å²) < 4.78 is 45.0. The van der Waals surface area contributed by atoms with E-state index in [0.717, 1.165) is 24.8 Å². The van der Waals surface area contributed by atoms with Crippen LogP contribution in [-0.2, 0) is 11.0 Å². The predicted octanol–water partition coefficient (Wildman–Crippen LogP) is 4.66. The number of hydrogen-bond acceptors (Lipinski definition) is 5. The molecule has 0 aromatic carbocycles. The van der Waals surface area contributed by atoms with E-state index >= 15 is 0 Å². The standard InChI is InChI=1S/C23H23F3N4O2/c1-14-19(12-28-15(2)29-14)32-13-22(16-6-4-3-5-7-16)11-18(22)21(31)30-20-10-17(8-9-27-20)23(24,25)26/h3-6,8-10,12,16,18H,7,11,13H2,1-2H3,(H,27,30,31)/t16?,18-,22+/m0/s1. The largest absolute Gasteiger partial charge is 0.489 e. The van der Waals surface area contributed by atoms with E-state index in [-0.39, 0.29) is 24.2 Å². The summed E-state index contributed by atoms with van der Waals surface area (Å²) in [6.45, 7) is 3.90. The van der Waals surface area contributed by atoms with Crippen LogP contribution in [0.15, 0.2) is 48.8 Å². The minimum atomic E-state index is -4.51. The number of nitrogens with zero attached hydrogens (tertiary/aromatic N) is 3. The van der Waals surface area contributed by atoms with Crippen LogP contribution in [0.2, 0.25) is 0 Å². The Morgan fingerprint density at radius 1 is 1.28 bits per heavy atom. The topological polar surface area (TPSA) is 77.0 Å². The molecule has 6 nitrogen and oxygen atoms in total. The zero-order chi connectivity index (χ0) is 22.9. The lowest BCUT2D eigenvalue weighted by Crippen LogP contribution is -2.29. The van der Waals surface area contributed by atoms with E-state index < -0.39 is 23.1 Å². The van der Waals surface area contributed by atoms with Crippen LogP contribution in [0, 0.1) is 31.1 Å². The normalized spacial score (nSPS) is 24.3. The van der Waals surface area contributed by atoms with Crippen LogP contribution in [0.4, 0.5) is 19.0 Å². The van der Waals surface area contributed by atoms with Gasteiger partial charge in [-0.15, -0.1) is 0 Å². The molecule has 168 valence electrons. The van der Waals surface area contributed by atoms with Crippen molar-refractivity contribution >= 4 is 11.7 Å². The summed E-state index contributed by atoms with van der Waals surface area (Å²) in [4.78, 5) is 25.3. The second-order valence-corrected chi connectivity index (χ2v) is 8.22. The number of anilines is 1. The Labute approximate surface area is 183 Å². The molecular weight excluding hydrogens is 421 g/mol.